The molecule has 3 nitrogen and oxygen atoms in total. The molecular formula is C11H21N3S. The zero-order chi connectivity index (χ0) is 11.3. The van der Waals surface area contributed by atoms with E-state index >= 15 is 0 Å². The third-order valence-electron chi connectivity index (χ3n) is 2.45. The zero-order valence-corrected chi connectivity index (χ0v) is 10.9. The van der Waals surface area contributed by atoms with Gasteiger partial charge in [0.15, 0.2) is 5.13 Å². The molecule has 0 fully saturated rings. The van der Waals surface area contributed by atoms with Crippen molar-refractivity contribution in [2.24, 2.45) is 0 Å². The second-order valence-electron chi connectivity index (χ2n) is 3.74. The average molecular weight is 227 g/mol. The van der Waals surface area contributed by atoms with E-state index in [1.165, 1.54) is 0 Å². The Kier molecular flexibility index (Phi) is 5.05. The van der Waals surface area contributed by atoms with E-state index in [0.29, 0.717) is 6.04 Å². The molecule has 0 aromatic carbocycles. The lowest BCUT2D eigenvalue weighted by Gasteiger charge is -2.13. The molecule has 1 rings (SSSR count). The van der Waals surface area contributed by atoms with Crippen LogP contribution in [-0.2, 0) is 0 Å². The molecule has 4 heteroatoms. The Labute approximate surface area is 96.5 Å². The normalized spacial score (nSPS) is 12.8. The largest absolute Gasteiger partial charge is 0.351 e. The molecule has 0 aliphatic rings. The summed E-state index contributed by atoms with van der Waals surface area (Å²) in [6.07, 6.45) is 1.16. The molecule has 0 radical (unpaired) electrons. The number of hydrogen-bond donors (Lipinski definition) is 1. The number of hydrogen-bond acceptors (Lipinski definition) is 4. The number of rotatable bonds is 6. The number of thiazole rings is 1. The number of aromatic nitrogens is 1. The van der Waals surface area contributed by atoms with Crippen LogP contribution in [-0.4, -0.2) is 25.1 Å². The van der Waals surface area contributed by atoms with Crippen molar-refractivity contribution in [3.8, 4) is 0 Å². The second-order valence-corrected chi connectivity index (χ2v) is 4.58. The molecule has 1 aromatic heterocycles. The molecule has 1 atom stereocenters. The van der Waals surface area contributed by atoms with Crippen LogP contribution in [0.1, 0.15) is 38.9 Å². The average Bonchev–Trinajstić information content (AvgIpc) is 2.74. The predicted molar refractivity (Wildman–Crippen MR) is 67.8 cm³/mol. The van der Waals surface area contributed by atoms with Crippen molar-refractivity contribution < 1.29 is 0 Å². The summed E-state index contributed by atoms with van der Waals surface area (Å²) < 4.78 is 0. The van der Waals surface area contributed by atoms with Gasteiger partial charge in [-0.15, -0.1) is 11.3 Å². The third kappa shape index (κ3) is 3.47. The SMILES string of the molecule is CCCNC(C)c1csc(N(C)CC)n1. The van der Waals surface area contributed by atoms with Crippen LogP contribution in [0.2, 0.25) is 0 Å². The van der Waals surface area contributed by atoms with Gasteiger partial charge in [-0.2, -0.15) is 0 Å². The maximum absolute atomic E-state index is 4.62. The van der Waals surface area contributed by atoms with Gasteiger partial charge in [0.25, 0.3) is 0 Å². The van der Waals surface area contributed by atoms with Crippen LogP contribution in [0.3, 0.4) is 0 Å². The van der Waals surface area contributed by atoms with Crippen LogP contribution in [0.15, 0.2) is 5.38 Å². The highest BCUT2D eigenvalue weighted by atomic mass is 32.1. The van der Waals surface area contributed by atoms with E-state index in [1.807, 2.05) is 0 Å². The van der Waals surface area contributed by atoms with Crippen molar-refractivity contribution in [3.05, 3.63) is 11.1 Å². The van der Waals surface area contributed by atoms with Gasteiger partial charge in [-0.05, 0) is 26.8 Å². The zero-order valence-electron chi connectivity index (χ0n) is 10.1. The van der Waals surface area contributed by atoms with Gasteiger partial charge < -0.3 is 10.2 Å². The van der Waals surface area contributed by atoms with Crippen molar-refractivity contribution >= 4 is 16.5 Å². The molecule has 0 aliphatic carbocycles. The first-order chi connectivity index (χ1) is 7.19. The molecule has 1 unspecified atom stereocenters. The highest BCUT2D eigenvalue weighted by molar-refractivity contribution is 7.13. The van der Waals surface area contributed by atoms with Gasteiger partial charge >= 0.3 is 0 Å². The van der Waals surface area contributed by atoms with Gasteiger partial charge in [0.1, 0.15) is 0 Å². The first kappa shape index (κ1) is 12.5. The predicted octanol–water partition coefficient (Wildman–Crippen LogP) is 2.66. The van der Waals surface area contributed by atoms with E-state index in [1.54, 1.807) is 11.3 Å². The number of nitrogens with zero attached hydrogens (tertiary/aromatic N) is 2. The summed E-state index contributed by atoms with van der Waals surface area (Å²) in [6.45, 7) is 8.54. The minimum absolute atomic E-state index is 0.361. The summed E-state index contributed by atoms with van der Waals surface area (Å²) in [5.74, 6) is 0. The Balaban J connectivity index is 2.58. The van der Waals surface area contributed by atoms with Crippen LogP contribution < -0.4 is 10.2 Å². The van der Waals surface area contributed by atoms with Crippen LogP contribution >= 0.6 is 11.3 Å². The molecular weight excluding hydrogens is 206 g/mol. The molecule has 1 heterocycles. The Hall–Kier alpha value is -0.610. The van der Waals surface area contributed by atoms with E-state index in [2.05, 4.69) is 48.4 Å². The van der Waals surface area contributed by atoms with Crippen molar-refractivity contribution in [2.75, 3.05) is 25.0 Å². The fourth-order valence-corrected chi connectivity index (χ4v) is 2.20. The van der Waals surface area contributed by atoms with Crippen LogP contribution in [0.4, 0.5) is 5.13 Å². The number of anilines is 1. The Morgan fingerprint density at radius 1 is 1.53 bits per heavy atom. The molecule has 0 saturated heterocycles. The van der Waals surface area contributed by atoms with Gasteiger partial charge in [0.2, 0.25) is 0 Å². The topological polar surface area (TPSA) is 28.2 Å². The molecule has 1 N–H and O–H groups in total. The smallest absolute Gasteiger partial charge is 0.185 e. The lowest BCUT2D eigenvalue weighted by atomic mass is 10.2. The summed E-state index contributed by atoms with van der Waals surface area (Å²) in [4.78, 5) is 6.78. The Morgan fingerprint density at radius 3 is 2.87 bits per heavy atom. The van der Waals surface area contributed by atoms with Gasteiger partial charge in [-0.3, -0.25) is 0 Å². The summed E-state index contributed by atoms with van der Waals surface area (Å²) in [5, 5.41) is 6.70. The lowest BCUT2D eigenvalue weighted by molar-refractivity contribution is 0.561. The molecule has 15 heavy (non-hydrogen) atoms. The van der Waals surface area contributed by atoms with Crippen LogP contribution in [0, 0.1) is 0 Å². The molecule has 0 bridgehead atoms. The van der Waals surface area contributed by atoms with E-state index in [-0.39, 0.29) is 0 Å². The van der Waals surface area contributed by atoms with E-state index in [9.17, 15) is 0 Å². The quantitative estimate of drug-likeness (QED) is 0.810. The van der Waals surface area contributed by atoms with Gasteiger partial charge in [0.05, 0.1) is 5.69 Å². The van der Waals surface area contributed by atoms with E-state index < -0.39 is 0 Å². The molecule has 0 saturated carbocycles. The summed E-state index contributed by atoms with van der Waals surface area (Å²) >= 11 is 1.72. The summed E-state index contributed by atoms with van der Waals surface area (Å²) in [5.41, 5.74) is 1.16. The molecule has 0 spiro atoms. The lowest BCUT2D eigenvalue weighted by Crippen LogP contribution is -2.20. The molecule has 1 aromatic rings. The summed E-state index contributed by atoms with van der Waals surface area (Å²) in [7, 11) is 2.08. The fourth-order valence-electron chi connectivity index (χ4n) is 1.25. The highest BCUT2D eigenvalue weighted by Gasteiger charge is 2.10. The first-order valence-electron chi connectivity index (χ1n) is 5.59. The molecule has 86 valence electrons. The van der Waals surface area contributed by atoms with Gasteiger partial charge in [-0.1, -0.05) is 6.92 Å². The second kappa shape index (κ2) is 6.08. The fraction of sp³-hybridized carbons (Fsp3) is 0.727. The van der Waals surface area contributed by atoms with E-state index in [0.717, 1.165) is 30.3 Å². The molecule has 0 amide bonds. The molecule has 0 aliphatic heterocycles. The minimum atomic E-state index is 0.361. The monoisotopic (exact) mass is 227 g/mol. The first-order valence-corrected chi connectivity index (χ1v) is 6.46. The van der Waals surface area contributed by atoms with Crippen molar-refractivity contribution in [2.45, 2.75) is 33.2 Å². The highest BCUT2D eigenvalue weighted by Crippen LogP contribution is 2.22. The van der Waals surface area contributed by atoms with Gasteiger partial charge in [-0.25, -0.2) is 4.98 Å². The maximum Gasteiger partial charge on any atom is 0.185 e. The van der Waals surface area contributed by atoms with Crippen molar-refractivity contribution in [1.29, 1.82) is 0 Å². The Morgan fingerprint density at radius 2 is 2.27 bits per heavy atom. The Bertz CT molecular complexity index is 285. The standard InChI is InChI=1S/C11H21N3S/c1-5-7-12-9(3)10-8-15-11(13-10)14(4)6-2/h8-9,12H,5-7H2,1-4H3. The maximum atomic E-state index is 4.62. The number of nitrogens with one attached hydrogen (secondary N) is 1. The minimum Gasteiger partial charge on any atom is -0.351 e. The summed E-state index contributed by atoms with van der Waals surface area (Å²) in [6, 6.07) is 0.361. The third-order valence-corrected chi connectivity index (χ3v) is 3.43. The van der Waals surface area contributed by atoms with E-state index in [4.69, 9.17) is 0 Å². The van der Waals surface area contributed by atoms with Crippen molar-refractivity contribution in [1.82, 2.24) is 10.3 Å². The van der Waals surface area contributed by atoms with Crippen LogP contribution in [0.25, 0.3) is 0 Å². The van der Waals surface area contributed by atoms with Crippen molar-refractivity contribution in [3.63, 3.8) is 0 Å². The van der Waals surface area contributed by atoms with Gasteiger partial charge in [0, 0.05) is 25.0 Å². The van der Waals surface area contributed by atoms with Crippen LogP contribution in [0.5, 0.6) is 0 Å².